The maximum atomic E-state index is 12.2. The highest BCUT2D eigenvalue weighted by Crippen LogP contribution is 2.23. The molecule has 1 aliphatic rings. The first-order valence-corrected chi connectivity index (χ1v) is 7.65. The van der Waals surface area contributed by atoms with Crippen LogP contribution in [0.2, 0.25) is 5.02 Å². The van der Waals surface area contributed by atoms with Gasteiger partial charge in [0.05, 0.1) is 23.1 Å². The molecule has 0 radical (unpaired) electrons. The second kappa shape index (κ2) is 5.44. The number of imide groups is 1. The second-order valence-corrected chi connectivity index (χ2v) is 6.52. The first kappa shape index (κ1) is 15.4. The quantitative estimate of drug-likeness (QED) is 0.800. The molecule has 0 saturated carbocycles. The fourth-order valence-corrected chi connectivity index (χ4v) is 3.62. The van der Waals surface area contributed by atoms with Gasteiger partial charge in [-0.05, 0) is 18.2 Å². The summed E-state index contributed by atoms with van der Waals surface area (Å²) in [4.78, 5) is 23.7. The largest absolute Gasteiger partial charge is 0.284 e. The van der Waals surface area contributed by atoms with Gasteiger partial charge < -0.3 is 0 Å². The first-order chi connectivity index (χ1) is 9.76. The summed E-state index contributed by atoms with van der Waals surface area (Å²) in [6, 6.07) is 4.38. The number of likely N-dealkylation sites (tertiary alicyclic amines) is 1. The topological polar surface area (TPSA) is 107 Å². The van der Waals surface area contributed by atoms with Gasteiger partial charge in [0.15, 0.2) is 0 Å². The van der Waals surface area contributed by atoms with E-state index >= 15 is 0 Å². The molecule has 0 aliphatic carbocycles. The Bertz CT molecular complexity index is 769. The minimum absolute atomic E-state index is 0.133. The SMILES string of the molecule is CN1C(=O)CC(NS(=O)(=O)c2ccc(C#N)cc2Cl)C1=O. The molecule has 9 heteroatoms. The lowest BCUT2D eigenvalue weighted by molar-refractivity contribution is -0.137. The van der Waals surface area contributed by atoms with Crippen molar-refractivity contribution in [2.75, 3.05) is 7.05 Å². The van der Waals surface area contributed by atoms with Crippen molar-refractivity contribution in [2.45, 2.75) is 17.4 Å². The minimum atomic E-state index is -4.07. The van der Waals surface area contributed by atoms with E-state index in [0.717, 1.165) is 4.90 Å². The van der Waals surface area contributed by atoms with Gasteiger partial charge >= 0.3 is 0 Å². The van der Waals surface area contributed by atoms with Crippen molar-refractivity contribution in [3.63, 3.8) is 0 Å². The summed E-state index contributed by atoms with van der Waals surface area (Å²) in [6.45, 7) is 0. The molecule has 1 aliphatic heterocycles. The zero-order chi connectivity index (χ0) is 15.8. The molecule has 7 nitrogen and oxygen atoms in total. The molecule has 1 fully saturated rings. The van der Waals surface area contributed by atoms with Crippen molar-refractivity contribution in [1.82, 2.24) is 9.62 Å². The summed E-state index contributed by atoms with van der Waals surface area (Å²) in [7, 11) is -2.78. The minimum Gasteiger partial charge on any atom is -0.284 e. The van der Waals surface area contributed by atoms with Crippen molar-refractivity contribution in [2.24, 2.45) is 0 Å². The Labute approximate surface area is 126 Å². The third-order valence-corrected chi connectivity index (χ3v) is 4.98. The Balaban J connectivity index is 2.30. The number of benzene rings is 1. The van der Waals surface area contributed by atoms with Crippen LogP contribution in [0.1, 0.15) is 12.0 Å². The van der Waals surface area contributed by atoms with Crippen LogP contribution in [0.25, 0.3) is 0 Å². The van der Waals surface area contributed by atoms with E-state index < -0.39 is 27.9 Å². The number of hydrogen-bond acceptors (Lipinski definition) is 5. The predicted molar refractivity (Wildman–Crippen MR) is 72.7 cm³/mol. The van der Waals surface area contributed by atoms with Crippen LogP contribution >= 0.6 is 11.6 Å². The van der Waals surface area contributed by atoms with Crippen LogP contribution in [0.5, 0.6) is 0 Å². The Morgan fingerprint density at radius 1 is 1.43 bits per heavy atom. The fraction of sp³-hybridized carbons (Fsp3) is 0.250. The number of halogens is 1. The molecule has 1 aromatic rings. The Morgan fingerprint density at radius 3 is 2.57 bits per heavy atom. The molecule has 1 atom stereocenters. The number of hydrogen-bond donors (Lipinski definition) is 1. The number of nitrogens with zero attached hydrogens (tertiary/aromatic N) is 2. The number of sulfonamides is 1. The average Bonchev–Trinajstić information content (AvgIpc) is 2.65. The van der Waals surface area contributed by atoms with Gasteiger partial charge in [-0.25, -0.2) is 8.42 Å². The fourth-order valence-electron chi connectivity index (χ4n) is 1.89. The summed E-state index contributed by atoms with van der Waals surface area (Å²) < 4.78 is 26.6. The third kappa shape index (κ3) is 2.90. The Hall–Kier alpha value is -1.95. The Morgan fingerprint density at radius 2 is 2.10 bits per heavy atom. The molecular formula is C12H10ClN3O4S. The van der Waals surface area contributed by atoms with Crippen LogP contribution in [0.3, 0.4) is 0 Å². The highest BCUT2D eigenvalue weighted by molar-refractivity contribution is 7.89. The molecule has 110 valence electrons. The standard InChI is InChI=1S/C12H10ClN3O4S/c1-16-11(17)5-9(12(16)18)15-21(19,20)10-3-2-7(6-14)4-8(10)13/h2-4,9,15H,5H2,1H3. The zero-order valence-corrected chi connectivity index (χ0v) is 12.4. The first-order valence-electron chi connectivity index (χ1n) is 5.78. The van der Waals surface area contributed by atoms with E-state index in [9.17, 15) is 18.0 Å². The molecule has 1 N–H and O–H groups in total. The number of nitrogens with one attached hydrogen (secondary N) is 1. The van der Waals surface area contributed by atoms with Gasteiger partial charge in [-0.3, -0.25) is 14.5 Å². The molecule has 1 unspecified atom stereocenters. The summed E-state index contributed by atoms with van der Waals surface area (Å²) in [5, 5.41) is 8.58. The van der Waals surface area contributed by atoms with E-state index in [2.05, 4.69) is 4.72 Å². The van der Waals surface area contributed by atoms with Crippen LogP contribution in [-0.4, -0.2) is 38.2 Å². The number of nitriles is 1. The van der Waals surface area contributed by atoms with Crippen LogP contribution in [0.15, 0.2) is 23.1 Å². The predicted octanol–water partition coefficient (Wildman–Crippen LogP) is 0.247. The van der Waals surface area contributed by atoms with Gasteiger partial charge in [0.2, 0.25) is 21.8 Å². The smallest absolute Gasteiger partial charge is 0.247 e. The van der Waals surface area contributed by atoms with E-state index in [1.807, 2.05) is 6.07 Å². The molecule has 1 aromatic carbocycles. The molecule has 0 bridgehead atoms. The van der Waals surface area contributed by atoms with Gasteiger partial charge in [0, 0.05) is 7.05 Å². The molecule has 1 heterocycles. The van der Waals surface area contributed by atoms with E-state index in [1.54, 1.807) is 0 Å². The lowest BCUT2D eigenvalue weighted by Crippen LogP contribution is -2.40. The lowest BCUT2D eigenvalue weighted by Gasteiger charge is -2.12. The summed E-state index contributed by atoms with van der Waals surface area (Å²) in [5.41, 5.74) is 0.214. The van der Waals surface area contributed by atoms with E-state index in [1.165, 1.54) is 25.2 Å². The lowest BCUT2D eigenvalue weighted by atomic mass is 10.2. The van der Waals surface area contributed by atoms with Crippen molar-refractivity contribution >= 4 is 33.4 Å². The van der Waals surface area contributed by atoms with Gasteiger partial charge in [-0.1, -0.05) is 11.6 Å². The normalized spacial score (nSPS) is 18.9. The van der Waals surface area contributed by atoms with Crippen molar-refractivity contribution in [1.29, 1.82) is 5.26 Å². The number of carbonyl (C=O) groups excluding carboxylic acids is 2. The Kier molecular flexibility index (Phi) is 4.00. The monoisotopic (exact) mass is 327 g/mol. The van der Waals surface area contributed by atoms with E-state index in [0.29, 0.717) is 0 Å². The number of rotatable bonds is 3. The maximum absolute atomic E-state index is 12.2. The highest BCUT2D eigenvalue weighted by atomic mass is 35.5. The molecule has 21 heavy (non-hydrogen) atoms. The second-order valence-electron chi connectivity index (χ2n) is 4.43. The van der Waals surface area contributed by atoms with Crippen molar-refractivity contribution in [3.05, 3.63) is 28.8 Å². The average molecular weight is 328 g/mol. The highest BCUT2D eigenvalue weighted by Gasteiger charge is 2.39. The van der Waals surface area contributed by atoms with E-state index in [4.69, 9.17) is 16.9 Å². The van der Waals surface area contributed by atoms with E-state index in [-0.39, 0.29) is 21.9 Å². The van der Waals surface area contributed by atoms with Crippen molar-refractivity contribution in [3.8, 4) is 6.07 Å². The number of amides is 2. The van der Waals surface area contributed by atoms with Gasteiger partial charge in [0.25, 0.3) is 0 Å². The number of likely N-dealkylation sites (N-methyl/N-ethyl adjacent to an activating group) is 1. The number of carbonyl (C=O) groups is 2. The molecule has 1 saturated heterocycles. The van der Waals surface area contributed by atoms with Crippen LogP contribution in [-0.2, 0) is 19.6 Å². The van der Waals surface area contributed by atoms with Gasteiger partial charge in [-0.15, -0.1) is 0 Å². The molecule has 2 rings (SSSR count). The van der Waals surface area contributed by atoms with Crippen molar-refractivity contribution < 1.29 is 18.0 Å². The third-order valence-electron chi connectivity index (χ3n) is 3.03. The van der Waals surface area contributed by atoms with Crippen LogP contribution in [0, 0.1) is 11.3 Å². The molecule has 0 spiro atoms. The molecule has 2 amide bonds. The molecule has 0 aromatic heterocycles. The summed E-state index contributed by atoms with van der Waals surface area (Å²) >= 11 is 5.84. The maximum Gasteiger partial charge on any atom is 0.247 e. The molecular weight excluding hydrogens is 318 g/mol. The van der Waals surface area contributed by atoms with Crippen LogP contribution in [0.4, 0.5) is 0 Å². The van der Waals surface area contributed by atoms with Gasteiger partial charge in [-0.2, -0.15) is 9.98 Å². The summed E-state index contributed by atoms with van der Waals surface area (Å²) in [5.74, 6) is -1.08. The van der Waals surface area contributed by atoms with Crippen LogP contribution < -0.4 is 4.72 Å². The summed E-state index contributed by atoms with van der Waals surface area (Å²) in [6.07, 6.45) is -0.234. The zero-order valence-electron chi connectivity index (χ0n) is 10.8. The van der Waals surface area contributed by atoms with Gasteiger partial charge in [0.1, 0.15) is 10.9 Å².